The number of carbonyl (C=O) groups excluding carboxylic acids is 2. The molecule has 2 amide bonds. The van der Waals surface area contributed by atoms with Crippen molar-refractivity contribution < 1.29 is 14.3 Å². The maximum atomic E-state index is 12.2. The van der Waals surface area contributed by atoms with Gasteiger partial charge in [-0.2, -0.15) is 0 Å². The van der Waals surface area contributed by atoms with Crippen molar-refractivity contribution in [3.63, 3.8) is 0 Å². The Balaban J connectivity index is 1.57. The first-order chi connectivity index (χ1) is 10.7. The highest BCUT2D eigenvalue weighted by atomic mass is 16.6. The van der Waals surface area contributed by atoms with E-state index in [1.165, 1.54) is 6.42 Å². The third kappa shape index (κ3) is 3.19. The zero-order chi connectivity index (χ0) is 15.4. The molecule has 1 saturated carbocycles. The van der Waals surface area contributed by atoms with Crippen molar-refractivity contribution >= 4 is 22.8 Å². The lowest BCUT2D eigenvalue weighted by molar-refractivity contribution is 0.0857. The lowest BCUT2D eigenvalue weighted by atomic mass is 9.86. The van der Waals surface area contributed by atoms with Gasteiger partial charge in [-0.25, -0.2) is 10.2 Å². The molecule has 0 spiro atoms. The van der Waals surface area contributed by atoms with Crippen LogP contribution in [0.3, 0.4) is 0 Å². The average Bonchev–Trinajstić information content (AvgIpc) is 2.50. The molecule has 5 heteroatoms. The van der Waals surface area contributed by atoms with Gasteiger partial charge in [-0.05, 0) is 35.6 Å². The molecule has 2 N–H and O–H groups in total. The molecular weight excluding hydrogens is 280 g/mol. The number of hydrogen-bond donors (Lipinski definition) is 2. The third-order valence-electron chi connectivity index (χ3n) is 3.99. The molecule has 3 rings (SSSR count). The minimum Gasteiger partial charge on any atom is -0.448 e. The molecule has 0 bridgehead atoms. The molecule has 1 fully saturated rings. The Kier molecular flexibility index (Phi) is 4.23. The van der Waals surface area contributed by atoms with Crippen LogP contribution in [0.2, 0.25) is 0 Å². The topological polar surface area (TPSA) is 67.4 Å². The second-order valence-electron chi connectivity index (χ2n) is 5.50. The Morgan fingerprint density at radius 1 is 1.05 bits per heavy atom. The number of amides is 2. The fraction of sp³-hybridized carbons (Fsp3) is 0.294. The van der Waals surface area contributed by atoms with Gasteiger partial charge in [0.15, 0.2) is 0 Å². The van der Waals surface area contributed by atoms with Gasteiger partial charge in [0.25, 0.3) is 5.91 Å². The molecule has 1 aliphatic carbocycles. The molecule has 0 aliphatic heterocycles. The van der Waals surface area contributed by atoms with Gasteiger partial charge < -0.3 is 4.74 Å². The van der Waals surface area contributed by atoms with E-state index in [0.717, 1.165) is 23.6 Å². The summed E-state index contributed by atoms with van der Waals surface area (Å²) in [5.74, 6) is 0.108. The molecule has 22 heavy (non-hydrogen) atoms. The van der Waals surface area contributed by atoms with Gasteiger partial charge in [0.05, 0.1) is 6.61 Å². The first-order valence-corrected chi connectivity index (χ1v) is 7.45. The second-order valence-corrected chi connectivity index (χ2v) is 5.50. The summed E-state index contributed by atoms with van der Waals surface area (Å²) in [4.78, 5) is 23.7. The van der Waals surface area contributed by atoms with Gasteiger partial charge >= 0.3 is 6.09 Å². The predicted octanol–water partition coefficient (Wildman–Crippen LogP) is 3.01. The predicted molar refractivity (Wildman–Crippen MR) is 83.2 cm³/mol. The maximum absolute atomic E-state index is 12.2. The van der Waals surface area contributed by atoms with Gasteiger partial charge in [-0.15, -0.1) is 0 Å². The van der Waals surface area contributed by atoms with E-state index in [1.807, 2.05) is 36.4 Å². The lowest BCUT2D eigenvalue weighted by Crippen LogP contribution is -2.42. The summed E-state index contributed by atoms with van der Waals surface area (Å²) < 4.78 is 5.05. The molecule has 0 aromatic heterocycles. The van der Waals surface area contributed by atoms with E-state index in [0.29, 0.717) is 18.1 Å². The van der Waals surface area contributed by atoms with Crippen LogP contribution in [0.5, 0.6) is 0 Å². The van der Waals surface area contributed by atoms with Gasteiger partial charge in [0, 0.05) is 5.56 Å². The van der Waals surface area contributed by atoms with Gasteiger partial charge in [-0.1, -0.05) is 42.8 Å². The zero-order valence-corrected chi connectivity index (χ0v) is 12.2. The van der Waals surface area contributed by atoms with Crippen molar-refractivity contribution in [1.82, 2.24) is 10.9 Å². The van der Waals surface area contributed by atoms with Crippen LogP contribution in [0.4, 0.5) is 4.79 Å². The van der Waals surface area contributed by atoms with Gasteiger partial charge in [-0.3, -0.25) is 10.2 Å². The Morgan fingerprint density at radius 3 is 2.59 bits per heavy atom. The molecule has 1 aliphatic rings. The summed E-state index contributed by atoms with van der Waals surface area (Å²) in [6.45, 7) is 0.413. The Hall–Kier alpha value is -2.56. The summed E-state index contributed by atoms with van der Waals surface area (Å²) >= 11 is 0. The van der Waals surface area contributed by atoms with E-state index in [1.54, 1.807) is 6.07 Å². The summed E-state index contributed by atoms with van der Waals surface area (Å²) in [7, 11) is 0. The first kappa shape index (κ1) is 14.4. The Labute approximate surface area is 128 Å². The van der Waals surface area contributed by atoms with E-state index in [9.17, 15) is 9.59 Å². The summed E-state index contributed by atoms with van der Waals surface area (Å²) in [5, 5.41) is 1.81. The number of benzene rings is 2. The number of rotatable bonds is 3. The zero-order valence-electron chi connectivity index (χ0n) is 12.2. The van der Waals surface area contributed by atoms with Crippen LogP contribution in [0.25, 0.3) is 10.8 Å². The van der Waals surface area contributed by atoms with Crippen molar-refractivity contribution in [2.24, 2.45) is 5.92 Å². The summed E-state index contributed by atoms with van der Waals surface area (Å²) in [5.41, 5.74) is 5.19. The Bertz CT molecular complexity index is 690. The number of hydrazine groups is 1. The molecule has 0 radical (unpaired) electrons. The minimum atomic E-state index is -0.625. The van der Waals surface area contributed by atoms with Crippen LogP contribution in [0.1, 0.15) is 29.6 Å². The molecule has 114 valence electrons. The standard InChI is InChI=1S/C17H18N2O3/c20-16(18-19-17(21)22-11-12-5-3-6-12)15-10-4-8-13-7-1-2-9-14(13)15/h1-2,4,7-10,12H,3,5-6,11H2,(H,18,20)(H,19,21). The minimum absolute atomic E-state index is 0.364. The lowest BCUT2D eigenvalue weighted by Gasteiger charge is -2.24. The van der Waals surface area contributed by atoms with Crippen LogP contribution in [0, 0.1) is 5.92 Å². The fourth-order valence-corrected chi connectivity index (χ4v) is 2.49. The SMILES string of the molecule is O=C(NNC(=O)c1cccc2ccccc12)OCC1CCC1. The normalized spacial score (nSPS) is 14.2. The molecular formula is C17H18N2O3. The van der Waals surface area contributed by atoms with Crippen molar-refractivity contribution in [2.45, 2.75) is 19.3 Å². The second kappa shape index (κ2) is 6.47. The number of ether oxygens (including phenoxy) is 1. The van der Waals surface area contributed by atoms with E-state index in [4.69, 9.17) is 4.74 Å². The van der Waals surface area contributed by atoms with Crippen molar-refractivity contribution in [2.75, 3.05) is 6.61 Å². The molecule has 2 aromatic carbocycles. The number of carbonyl (C=O) groups is 2. The smallest absolute Gasteiger partial charge is 0.426 e. The number of nitrogens with one attached hydrogen (secondary N) is 2. The number of hydrogen-bond acceptors (Lipinski definition) is 3. The highest BCUT2D eigenvalue weighted by molar-refractivity contribution is 6.07. The van der Waals surface area contributed by atoms with E-state index < -0.39 is 6.09 Å². The summed E-state index contributed by atoms with van der Waals surface area (Å²) in [6, 6.07) is 13.1. The van der Waals surface area contributed by atoms with Crippen LogP contribution in [0.15, 0.2) is 42.5 Å². The third-order valence-corrected chi connectivity index (χ3v) is 3.99. The highest BCUT2D eigenvalue weighted by Crippen LogP contribution is 2.26. The van der Waals surface area contributed by atoms with Crippen LogP contribution in [-0.4, -0.2) is 18.6 Å². The number of fused-ring (bicyclic) bond motifs is 1. The van der Waals surface area contributed by atoms with Crippen LogP contribution < -0.4 is 10.9 Å². The average molecular weight is 298 g/mol. The molecule has 5 nitrogen and oxygen atoms in total. The maximum Gasteiger partial charge on any atom is 0.426 e. The van der Waals surface area contributed by atoms with Gasteiger partial charge in [0.2, 0.25) is 0 Å². The molecule has 0 unspecified atom stereocenters. The first-order valence-electron chi connectivity index (χ1n) is 7.45. The Morgan fingerprint density at radius 2 is 1.82 bits per heavy atom. The summed E-state index contributed by atoms with van der Waals surface area (Å²) in [6.07, 6.45) is 2.79. The van der Waals surface area contributed by atoms with E-state index >= 15 is 0 Å². The highest BCUT2D eigenvalue weighted by Gasteiger charge is 2.19. The molecule has 2 aromatic rings. The van der Waals surface area contributed by atoms with Crippen molar-refractivity contribution in [3.05, 3.63) is 48.0 Å². The van der Waals surface area contributed by atoms with E-state index in [2.05, 4.69) is 10.9 Å². The van der Waals surface area contributed by atoms with Crippen LogP contribution in [-0.2, 0) is 4.74 Å². The quantitative estimate of drug-likeness (QED) is 0.856. The van der Waals surface area contributed by atoms with Crippen molar-refractivity contribution in [1.29, 1.82) is 0 Å². The molecule has 0 saturated heterocycles. The molecule has 0 atom stereocenters. The van der Waals surface area contributed by atoms with E-state index in [-0.39, 0.29) is 5.91 Å². The monoisotopic (exact) mass is 298 g/mol. The largest absolute Gasteiger partial charge is 0.448 e. The fourth-order valence-electron chi connectivity index (χ4n) is 2.49. The van der Waals surface area contributed by atoms with Gasteiger partial charge in [0.1, 0.15) is 0 Å². The molecule has 0 heterocycles. The van der Waals surface area contributed by atoms with Crippen molar-refractivity contribution in [3.8, 4) is 0 Å². The van der Waals surface area contributed by atoms with Crippen LogP contribution >= 0.6 is 0 Å².